The van der Waals surface area contributed by atoms with Gasteiger partial charge in [0.2, 0.25) is 10.0 Å². The lowest BCUT2D eigenvalue weighted by Crippen LogP contribution is -2.29. The van der Waals surface area contributed by atoms with Crippen LogP contribution in [0.4, 0.5) is 0 Å². The van der Waals surface area contributed by atoms with Gasteiger partial charge < -0.3 is 5.32 Å². The fourth-order valence-corrected chi connectivity index (χ4v) is 2.01. The minimum absolute atomic E-state index is 0.0541. The largest absolute Gasteiger partial charge is 0.308 e. The van der Waals surface area contributed by atoms with Crippen molar-refractivity contribution in [1.82, 2.24) is 10.3 Å². The maximum absolute atomic E-state index is 10.6. The maximum atomic E-state index is 10.6. The standard InChI is InChI=1S/C7H13N3O2S2/c1-6(7-4-13-5-10-7)9-2-3-14(8,11)12/h4-6,9H,2-3H2,1H3,(H2,8,11,12). The van der Waals surface area contributed by atoms with E-state index >= 15 is 0 Å². The lowest BCUT2D eigenvalue weighted by molar-refractivity contribution is 0.567. The van der Waals surface area contributed by atoms with Crippen LogP contribution in [0.25, 0.3) is 0 Å². The van der Waals surface area contributed by atoms with Crippen LogP contribution in [0.3, 0.4) is 0 Å². The van der Waals surface area contributed by atoms with Crippen LogP contribution in [-0.2, 0) is 10.0 Å². The van der Waals surface area contributed by atoms with Gasteiger partial charge in [-0.1, -0.05) is 0 Å². The van der Waals surface area contributed by atoms with Gasteiger partial charge in [-0.3, -0.25) is 0 Å². The number of hydrogen-bond donors (Lipinski definition) is 2. The zero-order valence-electron chi connectivity index (χ0n) is 7.80. The van der Waals surface area contributed by atoms with Crippen molar-refractivity contribution < 1.29 is 8.42 Å². The fraction of sp³-hybridized carbons (Fsp3) is 0.571. The van der Waals surface area contributed by atoms with E-state index in [4.69, 9.17) is 5.14 Å². The summed E-state index contributed by atoms with van der Waals surface area (Å²) < 4.78 is 21.2. The Hall–Kier alpha value is -0.500. The maximum Gasteiger partial charge on any atom is 0.210 e. The van der Waals surface area contributed by atoms with Crippen LogP contribution in [0, 0.1) is 0 Å². The Balaban J connectivity index is 2.33. The summed E-state index contributed by atoms with van der Waals surface area (Å²) in [4.78, 5) is 4.11. The van der Waals surface area contributed by atoms with Crippen molar-refractivity contribution in [3.63, 3.8) is 0 Å². The Morgan fingerprint density at radius 2 is 2.43 bits per heavy atom. The molecule has 0 amide bonds. The normalized spacial score (nSPS) is 14.1. The molecule has 7 heteroatoms. The van der Waals surface area contributed by atoms with Crippen molar-refractivity contribution in [2.24, 2.45) is 5.14 Å². The first kappa shape index (κ1) is 11.6. The molecule has 0 spiro atoms. The van der Waals surface area contributed by atoms with Crippen molar-refractivity contribution in [1.29, 1.82) is 0 Å². The van der Waals surface area contributed by atoms with Crippen LogP contribution >= 0.6 is 11.3 Å². The van der Waals surface area contributed by atoms with Gasteiger partial charge in [-0.15, -0.1) is 11.3 Å². The van der Waals surface area contributed by atoms with E-state index in [0.717, 1.165) is 5.69 Å². The van der Waals surface area contributed by atoms with Gasteiger partial charge in [0.25, 0.3) is 0 Å². The molecule has 0 saturated carbocycles. The first-order valence-corrected chi connectivity index (χ1v) is 6.77. The van der Waals surface area contributed by atoms with Gasteiger partial charge in [0.15, 0.2) is 0 Å². The second kappa shape index (κ2) is 4.83. The summed E-state index contributed by atoms with van der Waals surface area (Å²) in [6.07, 6.45) is 0. The Bertz CT molecular complexity index is 360. The summed E-state index contributed by atoms with van der Waals surface area (Å²) in [5, 5.41) is 9.81. The highest BCUT2D eigenvalue weighted by Crippen LogP contribution is 2.10. The minimum atomic E-state index is -3.37. The number of aromatic nitrogens is 1. The molecule has 0 aliphatic rings. The van der Waals surface area contributed by atoms with Crippen LogP contribution < -0.4 is 10.5 Å². The zero-order valence-corrected chi connectivity index (χ0v) is 9.44. The van der Waals surface area contributed by atoms with Gasteiger partial charge in [0.05, 0.1) is 17.0 Å². The molecule has 0 aliphatic carbocycles. The first-order valence-electron chi connectivity index (χ1n) is 4.11. The van der Waals surface area contributed by atoms with E-state index in [9.17, 15) is 8.42 Å². The number of primary sulfonamides is 1. The smallest absolute Gasteiger partial charge is 0.210 e. The Labute approximate surface area is 87.4 Å². The van der Waals surface area contributed by atoms with Gasteiger partial charge in [-0.2, -0.15) is 0 Å². The predicted octanol–water partition coefficient (Wildman–Crippen LogP) is 0.0822. The molecule has 14 heavy (non-hydrogen) atoms. The van der Waals surface area contributed by atoms with E-state index in [2.05, 4.69) is 10.3 Å². The summed E-state index contributed by atoms with van der Waals surface area (Å²) in [6.45, 7) is 2.27. The molecule has 0 radical (unpaired) electrons. The molecule has 0 aliphatic heterocycles. The summed E-state index contributed by atoms with van der Waals surface area (Å²) >= 11 is 1.51. The van der Waals surface area contributed by atoms with Crippen LogP contribution in [0.5, 0.6) is 0 Å². The van der Waals surface area contributed by atoms with E-state index in [1.807, 2.05) is 12.3 Å². The van der Waals surface area contributed by atoms with Crippen molar-refractivity contribution >= 4 is 21.4 Å². The van der Waals surface area contributed by atoms with Gasteiger partial charge in [-0.05, 0) is 6.92 Å². The Kier molecular flexibility index (Phi) is 3.99. The van der Waals surface area contributed by atoms with E-state index < -0.39 is 10.0 Å². The lowest BCUT2D eigenvalue weighted by Gasteiger charge is -2.10. The fourth-order valence-electron chi connectivity index (χ4n) is 0.958. The second-order valence-corrected chi connectivity index (χ2v) is 5.41. The Morgan fingerprint density at radius 1 is 1.71 bits per heavy atom. The molecule has 1 atom stereocenters. The Morgan fingerprint density at radius 3 is 2.93 bits per heavy atom. The molecule has 0 fully saturated rings. The lowest BCUT2D eigenvalue weighted by atomic mass is 10.3. The van der Waals surface area contributed by atoms with E-state index in [0.29, 0.717) is 6.54 Å². The number of thiazole rings is 1. The zero-order chi connectivity index (χ0) is 10.6. The molecule has 0 aromatic carbocycles. The third-order valence-electron chi connectivity index (χ3n) is 1.73. The summed E-state index contributed by atoms with van der Waals surface area (Å²) in [6, 6.07) is 0.0583. The minimum Gasteiger partial charge on any atom is -0.308 e. The predicted molar refractivity (Wildman–Crippen MR) is 56.5 cm³/mol. The van der Waals surface area contributed by atoms with Crippen molar-refractivity contribution in [2.45, 2.75) is 13.0 Å². The van der Waals surface area contributed by atoms with Gasteiger partial charge >= 0.3 is 0 Å². The van der Waals surface area contributed by atoms with Crippen LogP contribution in [0.1, 0.15) is 18.7 Å². The topological polar surface area (TPSA) is 85.1 Å². The van der Waals surface area contributed by atoms with E-state index in [1.165, 1.54) is 11.3 Å². The van der Waals surface area contributed by atoms with Crippen LogP contribution in [0.15, 0.2) is 10.9 Å². The molecule has 0 saturated heterocycles. The second-order valence-electron chi connectivity index (χ2n) is 2.96. The summed E-state index contributed by atoms with van der Waals surface area (Å²) in [5.41, 5.74) is 2.66. The first-order chi connectivity index (χ1) is 6.49. The SMILES string of the molecule is CC(NCCS(N)(=O)=O)c1cscn1. The highest BCUT2D eigenvalue weighted by molar-refractivity contribution is 7.89. The molecule has 1 aromatic rings. The highest BCUT2D eigenvalue weighted by Gasteiger charge is 2.08. The van der Waals surface area contributed by atoms with Crippen molar-refractivity contribution in [2.75, 3.05) is 12.3 Å². The number of hydrogen-bond acceptors (Lipinski definition) is 5. The number of nitrogens with one attached hydrogen (secondary N) is 1. The molecule has 3 N–H and O–H groups in total. The van der Waals surface area contributed by atoms with Crippen molar-refractivity contribution in [3.8, 4) is 0 Å². The third kappa shape index (κ3) is 4.14. The quantitative estimate of drug-likeness (QED) is 0.757. The molecule has 1 unspecified atom stereocenters. The van der Waals surface area contributed by atoms with Crippen LogP contribution in [0.2, 0.25) is 0 Å². The average Bonchev–Trinajstić information content (AvgIpc) is 2.53. The number of rotatable bonds is 5. The van der Waals surface area contributed by atoms with Crippen LogP contribution in [-0.4, -0.2) is 25.7 Å². The summed E-state index contributed by atoms with van der Waals surface area (Å²) in [7, 11) is -3.37. The van der Waals surface area contributed by atoms with E-state index in [1.54, 1.807) is 5.51 Å². The van der Waals surface area contributed by atoms with Gasteiger partial charge in [0.1, 0.15) is 0 Å². The molecule has 1 rings (SSSR count). The van der Waals surface area contributed by atoms with E-state index in [-0.39, 0.29) is 11.8 Å². The number of nitrogens with zero attached hydrogens (tertiary/aromatic N) is 1. The number of nitrogens with two attached hydrogens (primary N) is 1. The molecular formula is C7H13N3O2S2. The highest BCUT2D eigenvalue weighted by atomic mass is 32.2. The molecule has 5 nitrogen and oxygen atoms in total. The molecular weight excluding hydrogens is 222 g/mol. The molecule has 0 bridgehead atoms. The molecule has 1 aromatic heterocycles. The van der Waals surface area contributed by atoms with Crippen molar-refractivity contribution in [3.05, 3.63) is 16.6 Å². The number of sulfonamides is 1. The third-order valence-corrected chi connectivity index (χ3v) is 3.11. The monoisotopic (exact) mass is 235 g/mol. The van der Waals surface area contributed by atoms with Gasteiger partial charge in [-0.25, -0.2) is 18.5 Å². The molecule has 1 heterocycles. The van der Waals surface area contributed by atoms with Gasteiger partial charge in [0, 0.05) is 18.0 Å². The average molecular weight is 235 g/mol. The summed E-state index contributed by atoms with van der Waals surface area (Å²) in [5.74, 6) is -0.0541. The molecule has 80 valence electrons.